The van der Waals surface area contributed by atoms with Crippen LogP contribution in [0.1, 0.15) is 37.9 Å². The molecule has 0 spiro atoms. The number of carbonyl (C=O) groups is 1. The number of benzene rings is 1. The van der Waals surface area contributed by atoms with Crippen molar-refractivity contribution >= 4 is 5.97 Å². The Kier molecular flexibility index (Phi) is 5.16. The Hall–Kier alpha value is -1.56. The van der Waals surface area contributed by atoms with Crippen molar-refractivity contribution in [1.29, 1.82) is 0 Å². The second kappa shape index (κ2) is 6.26. The van der Waals surface area contributed by atoms with Crippen molar-refractivity contribution in [3.8, 4) is 0 Å². The first-order valence-corrected chi connectivity index (χ1v) is 6.28. The molecule has 0 fully saturated rings. The van der Waals surface area contributed by atoms with Crippen LogP contribution in [0.15, 0.2) is 24.3 Å². The SMILES string of the molecule is CC(C)N(CC(=O)O)C(C)c1ccccc1C(F)(F)F. The molecule has 0 amide bonds. The first kappa shape index (κ1) is 16.5. The Labute approximate surface area is 116 Å². The molecule has 1 aromatic carbocycles. The van der Waals surface area contributed by atoms with Gasteiger partial charge in [0.25, 0.3) is 0 Å². The van der Waals surface area contributed by atoms with Gasteiger partial charge in [0.1, 0.15) is 0 Å². The standard InChI is InChI=1S/C14H18F3NO2/c1-9(2)18(8-13(19)20)10(3)11-6-4-5-7-12(11)14(15,16)17/h4-7,9-10H,8H2,1-3H3,(H,19,20). The summed E-state index contributed by atoms with van der Waals surface area (Å²) in [7, 11) is 0. The van der Waals surface area contributed by atoms with Gasteiger partial charge in [-0.2, -0.15) is 13.2 Å². The van der Waals surface area contributed by atoms with Gasteiger partial charge in [-0.05, 0) is 32.4 Å². The average molecular weight is 289 g/mol. The van der Waals surface area contributed by atoms with Crippen molar-refractivity contribution in [2.75, 3.05) is 6.54 Å². The molecule has 0 bridgehead atoms. The molecule has 6 heteroatoms. The molecule has 20 heavy (non-hydrogen) atoms. The Morgan fingerprint density at radius 3 is 2.25 bits per heavy atom. The Morgan fingerprint density at radius 1 is 1.25 bits per heavy atom. The summed E-state index contributed by atoms with van der Waals surface area (Å²) in [6.07, 6.45) is -4.45. The normalized spacial score (nSPS) is 13.8. The molecule has 0 aromatic heterocycles. The van der Waals surface area contributed by atoms with E-state index in [1.807, 2.05) is 0 Å². The van der Waals surface area contributed by atoms with Gasteiger partial charge >= 0.3 is 12.1 Å². The molecule has 0 radical (unpaired) electrons. The maximum atomic E-state index is 13.0. The van der Waals surface area contributed by atoms with Crippen molar-refractivity contribution in [3.63, 3.8) is 0 Å². The number of carboxylic acid groups (broad SMARTS) is 1. The molecule has 1 atom stereocenters. The number of halogens is 3. The third-order valence-corrected chi connectivity index (χ3v) is 3.19. The fourth-order valence-corrected chi connectivity index (χ4v) is 2.22. The third kappa shape index (κ3) is 3.96. The van der Waals surface area contributed by atoms with E-state index in [9.17, 15) is 18.0 Å². The number of aliphatic carboxylic acids is 1. The second-order valence-electron chi connectivity index (χ2n) is 4.92. The van der Waals surface area contributed by atoms with Crippen LogP contribution in [-0.4, -0.2) is 28.6 Å². The highest BCUT2D eigenvalue weighted by atomic mass is 19.4. The minimum Gasteiger partial charge on any atom is -0.480 e. The smallest absolute Gasteiger partial charge is 0.416 e. The molecule has 1 N–H and O–H groups in total. The molecule has 0 heterocycles. The number of alkyl halides is 3. The zero-order valence-corrected chi connectivity index (χ0v) is 11.6. The summed E-state index contributed by atoms with van der Waals surface area (Å²) in [5, 5.41) is 8.89. The van der Waals surface area contributed by atoms with E-state index >= 15 is 0 Å². The summed E-state index contributed by atoms with van der Waals surface area (Å²) in [5.41, 5.74) is -0.626. The van der Waals surface area contributed by atoms with E-state index in [1.54, 1.807) is 20.8 Å². The molecule has 0 aliphatic heterocycles. The Bertz CT molecular complexity index is 472. The number of rotatable bonds is 5. The van der Waals surface area contributed by atoms with Crippen LogP contribution in [0, 0.1) is 0 Å². The lowest BCUT2D eigenvalue weighted by atomic mass is 9.99. The molecule has 1 aromatic rings. The topological polar surface area (TPSA) is 40.5 Å². The summed E-state index contributed by atoms with van der Waals surface area (Å²) in [4.78, 5) is 12.4. The number of hydrogen-bond acceptors (Lipinski definition) is 2. The van der Waals surface area contributed by atoms with Gasteiger partial charge < -0.3 is 5.11 Å². The lowest BCUT2D eigenvalue weighted by Gasteiger charge is -2.32. The van der Waals surface area contributed by atoms with Gasteiger partial charge in [0, 0.05) is 12.1 Å². The number of carboxylic acids is 1. The van der Waals surface area contributed by atoms with Crippen molar-refractivity contribution in [1.82, 2.24) is 4.90 Å². The minimum atomic E-state index is -4.45. The predicted octanol–water partition coefficient (Wildman–Crippen LogP) is 3.56. The van der Waals surface area contributed by atoms with E-state index < -0.39 is 23.8 Å². The van der Waals surface area contributed by atoms with Crippen LogP contribution in [0.2, 0.25) is 0 Å². The molecule has 0 saturated heterocycles. The first-order valence-electron chi connectivity index (χ1n) is 6.28. The van der Waals surface area contributed by atoms with Crippen LogP contribution in [0.25, 0.3) is 0 Å². The fraction of sp³-hybridized carbons (Fsp3) is 0.500. The molecule has 0 aliphatic rings. The van der Waals surface area contributed by atoms with Crippen LogP contribution < -0.4 is 0 Å². The van der Waals surface area contributed by atoms with Crippen LogP contribution in [0.3, 0.4) is 0 Å². The minimum absolute atomic E-state index is 0.0925. The molecular formula is C14H18F3NO2. The quantitative estimate of drug-likeness (QED) is 0.901. The highest BCUT2D eigenvalue weighted by molar-refractivity contribution is 5.69. The van der Waals surface area contributed by atoms with Crippen molar-refractivity contribution < 1.29 is 23.1 Å². The van der Waals surface area contributed by atoms with E-state index in [2.05, 4.69) is 0 Å². The van der Waals surface area contributed by atoms with E-state index in [0.29, 0.717) is 0 Å². The maximum absolute atomic E-state index is 13.0. The summed E-state index contributed by atoms with van der Waals surface area (Å²) in [5.74, 6) is -1.06. The summed E-state index contributed by atoms with van der Waals surface area (Å²) in [6, 6.07) is 4.46. The van der Waals surface area contributed by atoms with E-state index in [1.165, 1.54) is 23.1 Å². The van der Waals surface area contributed by atoms with Gasteiger partial charge in [-0.15, -0.1) is 0 Å². The molecule has 1 rings (SSSR count). The van der Waals surface area contributed by atoms with Gasteiger partial charge in [-0.1, -0.05) is 18.2 Å². The molecule has 1 unspecified atom stereocenters. The van der Waals surface area contributed by atoms with Crippen molar-refractivity contribution in [3.05, 3.63) is 35.4 Å². The van der Waals surface area contributed by atoms with E-state index in [0.717, 1.165) is 6.07 Å². The fourth-order valence-electron chi connectivity index (χ4n) is 2.22. The van der Waals surface area contributed by atoms with Crippen LogP contribution in [0.4, 0.5) is 13.2 Å². The van der Waals surface area contributed by atoms with Crippen LogP contribution >= 0.6 is 0 Å². The Morgan fingerprint density at radius 2 is 1.80 bits per heavy atom. The molecule has 112 valence electrons. The monoisotopic (exact) mass is 289 g/mol. The number of hydrogen-bond donors (Lipinski definition) is 1. The lowest BCUT2D eigenvalue weighted by molar-refractivity contribution is -0.140. The molecule has 3 nitrogen and oxygen atoms in total. The first-order chi connectivity index (χ1) is 9.14. The van der Waals surface area contributed by atoms with E-state index in [-0.39, 0.29) is 18.2 Å². The summed E-state index contributed by atoms with van der Waals surface area (Å²) < 4.78 is 39.0. The maximum Gasteiger partial charge on any atom is 0.416 e. The van der Waals surface area contributed by atoms with Gasteiger partial charge in [0.15, 0.2) is 0 Å². The van der Waals surface area contributed by atoms with Gasteiger partial charge in [0.05, 0.1) is 12.1 Å². The largest absolute Gasteiger partial charge is 0.480 e. The summed E-state index contributed by atoms with van der Waals surface area (Å²) in [6.45, 7) is 4.81. The average Bonchev–Trinajstić information content (AvgIpc) is 2.33. The molecular weight excluding hydrogens is 271 g/mol. The zero-order valence-electron chi connectivity index (χ0n) is 11.6. The van der Waals surface area contributed by atoms with Crippen LogP contribution in [-0.2, 0) is 11.0 Å². The highest BCUT2D eigenvalue weighted by Crippen LogP contribution is 2.36. The van der Waals surface area contributed by atoms with Crippen LogP contribution in [0.5, 0.6) is 0 Å². The lowest BCUT2D eigenvalue weighted by Crippen LogP contribution is -2.38. The summed E-state index contributed by atoms with van der Waals surface area (Å²) >= 11 is 0. The van der Waals surface area contributed by atoms with Crippen molar-refractivity contribution in [2.24, 2.45) is 0 Å². The van der Waals surface area contributed by atoms with Gasteiger partial charge in [-0.25, -0.2) is 0 Å². The van der Waals surface area contributed by atoms with E-state index in [4.69, 9.17) is 5.11 Å². The Balaban J connectivity index is 3.18. The van der Waals surface area contributed by atoms with Crippen molar-refractivity contribution in [2.45, 2.75) is 39.0 Å². The zero-order chi connectivity index (χ0) is 15.5. The predicted molar refractivity (Wildman–Crippen MR) is 69.3 cm³/mol. The van der Waals surface area contributed by atoms with Gasteiger partial charge in [-0.3, -0.25) is 9.69 Å². The van der Waals surface area contributed by atoms with Gasteiger partial charge in [0.2, 0.25) is 0 Å². The second-order valence-corrected chi connectivity index (χ2v) is 4.92. The highest BCUT2D eigenvalue weighted by Gasteiger charge is 2.35. The molecule has 0 saturated carbocycles. The number of nitrogens with zero attached hydrogens (tertiary/aromatic N) is 1. The third-order valence-electron chi connectivity index (χ3n) is 3.19. The molecule has 0 aliphatic carbocycles.